The molecule has 0 unspecified atom stereocenters. The molecule has 0 atom stereocenters. The van der Waals surface area contributed by atoms with Gasteiger partial charge in [-0.2, -0.15) is 8.42 Å². The van der Waals surface area contributed by atoms with Crippen molar-refractivity contribution >= 4 is 26.8 Å². The Hall–Kier alpha value is -3.07. The van der Waals surface area contributed by atoms with Crippen molar-refractivity contribution in [3.8, 4) is 0 Å². The second kappa shape index (κ2) is 8.58. The summed E-state index contributed by atoms with van der Waals surface area (Å²) in [6, 6.07) is 10.8. The molecule has 2 N–H and O–H groups in total. The van der Waals surface area contributed by atoms with Crippen LogP contribution in [0.2, 0.25) is 0 Å². The van der Waals surface area contributed by atoms with E-state index in [0.29, 0.717) is 55.2 Å². The Balaban J connectivity index is 1.37. The molecule has 4 rings (SSSR count). The number of nitrogens with one attached hydrogen (secondary N) is 2. The van der Waals surface area contributed by atoms with Gasteiger partial charge in [0.2, 0.25) is 0 Å². The number of sulfonamides is 1. The highest BCUT2D eigenvalue weighted by atomic mass is 32.2. The predicted octanol–water partition coefficient (Wildman–Crippen LogP) is 3.02. The first-order valence-electron chi connectivity index (χ1n) is 10.3. The number of piperidine rings is 1. The third-order valence-electron chi connectivity index (χ3n) is 5.59. The zero-order valence-electron chi connectivity index (χ0n) is 17.6. The highest BCUT2D eigenvalue weighted by molar-refractivity contribution is 8.00. The number of amides is 2. The third-order valence-corrected chi connectivity index (χ3v) is 7.06. The average molecular weight is 443 g/mol. The van der Waals surface area contributed by atoms with Gasteiger partial charge in [0.05, 0.1) is 12.8 Å². The third kappa shape index (κ3) is 4.66. The van der Waals surface area contributed by atoms with Crippen LogP contribution < -0.4 is 10.6 Å². The van der Waals surface area contributed by atoms with Gasteiger partial charge in [0.1, 0.15) is 16.5 Å². The average Bonchev–Trinajstić information content (AvgIpc) is 3.34. The van der Waals surface area contributed by atoms with Crippen molar-refractivity contribution in [2.45, 2.75) is 39.3 Å². The van der Waals surface area contributed by atoms with Crippen molar-refractivity contribution in [3.63, 3.8) is 0 Å². The quantitative estimate of drug-likeness (QED) is 0.757. The number of urea groups is 1. The highest BCUT2D eigenvalue weighted by Crippen LogP contribution is 2.34. The highest BCUT2D eigenvalue weighted by Gasteiger charge is 2.34. The largest absolute Gasteiger partial charge is 0.467 e. The fourth-order valence-corrected chi connectivity index (χ4v) is 5.42. The standard InChI is InChI=1S/C22H26N4O4S/c1-15-5-7-17(8-6-15)20-16(2)21(25-31(20,28)29)26-11-9-18(10-12-26)24-22(27)23-14-19-4-3-13-30-19/h3-8,13,18H,9-12,14H2,1-2H3,(H2,23,24,27). The van der Waals surface area contributed by atoms with E-state index in [1.165, 1.54) is 0 Å². The molecule has 1 aromatic heterocycles. The summed E-state index contributed by atoms with van der Waals surface area (Å²) in [6.07, 6.45) is 2.98. The van der Waals surface area contributed by atoms with Gasteiger partial charge < -0.3 is 20.0 Å². The summed E-state index contributed by atoms with van der Waals surface area (Å²) in [5.74, 6) is 1.20. The molecule has 9 heteroatoms. The van der Waals surface area contributed by atoms with Crippen molar-refractivity contribution in [2.75, 3.05) is 13.1 Å². The van der Waals surface area contributed by atoms with Gasteiger partial charge in [0.15, 0.2) is 0 Å². The van der Waals surface area contributed by atoms with E-state index in [1.54, 1.807) is 18.4 Å². The van der Waals surface area contributed by atoms with Crippen LogP contribution in [-0.2, 0) is 16.6 Å². The lowest BCUT2D eigenvalue weighted by atomic mass is 10.0. The maximum absolute atomic E-state index is 12.7. The van der Waals surface area contributed by atoms with Crippen LogP contribution >= 0.6 is 0 Å². The van der Waals surface area contributed by atoms with E-state index in [0.717, 1.165) is 5.56 Å². The Morgan fingerprint density at radius 3 is 2.52 bits per heavy atom. The summed E-state index contributed by atoms with van der Waals surface area (Å²) in [7, 11) is -3.72. The molecule has 3 heterocycles. The Morgan fingerprint density at radius 2 is 1.87 bits per heavy atom. The first-order chi connectivity index (χ1) is 14.8. The molecule has 0 aliphatic carbocycles. The number of carbonyl (C=O) groups is 1. The zero-order chi connectivity index (χ0) is 22.0. The number of furan rings is 1. The zero-order valence-corrected chi connectivity index (χ0v) is 18.4. The van der Waals surface area contributed by atoms with Crippen molar-refractivity contribution in [1.82, 2.24) is 15.5 Å². The van der Waals surface area contributed by atoms with Gasteiger partial charge in [-0.15, -0.1) is 4.40 Å². The summed E-state index contributed by atoms with van der Waals surface area (Å²) in [5, 5.41) is 5.75. The predicted molar refractivity (Wildman–Crippen MR) is 119 cm³/mol. The summed E-state index contributed by atoms with van der Waals surface area (Å²) < 4.78 is 34.8. The van der Waals surface area contributed by atoms with Gasteiger partial charge in [-0.05, 0) is 44.4 Å². The molecule has 31 heavy (non-hydrogen) atoms. The molecular weight excluding hydrogens is 416 g/mol. The van der Waals surface area contributed by atoms with Crippen LogP contribution in [0.1, 0.15) is 36.7 Å². The smallest absolute Gasteiger partial charge is 0.315 e. The fraction of sp³-hybridized carbons (Fsp3) is 0.364. The maximum Gasteiger partial charge on any atom is 0.315 e. The molecule has 0 bridgehead atoms. The molecule has 0 spiro atoms. The van der Waals surface area contributed by atoms with Crippen LogP contribution in [0.5, 0.6) is 0 Å². The number of hydrogen-bond acceptors (Lipinski definition) is 5. The fourth-order valence-electron chi connectivity index (χ4n) is 3.94. The number of likely N-dealkylation sites (tertiary alicyclic amines) is 1. The number of nitrogens with zero attached hydrogens (tertiary/aromatic N) is 2. The molecule has 1 saturated heterocycles. The minimum absolute atomic E-state index is 0.0207. The lowest BCUT2D eigenvalue weighted by Crippen LogP contribution is -2.49. The van der Waals surface area contributed by atoms with E-state index in [-0.39, 0.29) is 17.0 Å². The molecule has 0 radical (unpaired) electrons. The second-order valence-electron chi connectivity index (χ2n) is 7.88. The molecule has 2 amide bonds. The lowest BCUT2D eigenvalue weighted by molar-refractivity contribution is 0.225. The minimum atomic E-state index is -3.72. The summed E-state index contributed by atoms with van der Waals surface area (Å²) in [4.78, 5) is 14.4. The van der Waals surface area contributed by atoms with Crippen LogP contribution in [0.3, 0.4) is 0 Å². The summed E-state index contributed by atoms with van der Waals surface area (Å²) in [6.45, 7) is 5.35. The van der Waals surface area contributed by atoms with Gasteiger partial charge in [-0.1, -0.05) is 29.8 Å². The number of hydrogen-bond donors (Lipinski definition) is 2. The van der Waals surface area contributed by atoms with Crippen LogP contribution in [0.15, 0.2) is 57.0 Å². The molecule has 2 aromatic rings. The molecular formula is C22H26N4O4S. The van der Waals surface area contributed by atoms with E-state index in [9.17, 15) is 13.2 Å². The lowest BCUT2D eigenvalue weighted by Gasteiger charge is -2.33. The molecule has 8 nitrogen and oxygen atoms in total. The van der Waals surface area contributed by atoms with E-state index >= 15 is 0 Å². The normalized spacial score (nSPS) is 18.8. The number of carbonyl (C=O) groups excluding carboxylic acids is 1. The molecule has 1 aromatic carbocycles. The van der Waals surface area contributed by atoms with Gasteiger partial charge in [-0.3, -0.25) is 0 Å². The van der Waals surface area contributed by atoms with E-state index in [2.05, 4.69) is 15.0 Å². The van der Waals surface area contributed by atoms with Crippen molar-refractivity contribution in [2.24, 2.45) is 4.40 Å². The van der Waals surface area contributed by atoms with E-state index in [4.69, 9.17) is 4.42 Å². The number of rotatable bonds is 4. The van der Waals surface area contributed by atoms with E-state index < -0.39 is 10.0 Å². The van der Waals surface area contributed by atoms with Crippen molar-refractivity contribution in [1.29, 1.82) is 0 Å². The minimum Gasteiger partial charge on any atom is -0.467 e. The Kier molecular flexibility index (Phi) is 5.86. The molecule has 2 aliphatic rings. The van der Waals surface area contributed by atoms with Crippen LogP contribution in [-0.4, -0.2) is 44.3 Å². The first kappa shape index (κ1) is 21.2. The summed E-state index contributed by atoms with van der Waals surface area (Å²) >= 11 is 0. The SMILES string of the molecule is CC1=C(c2ccc(C)cc2)S(=O)(=O)N=C1N1CCC(NC(=O)NCc2ccco2)CC1. The summed E-state index contributed by atoms with van der Waals surface area (Å²) in [5.41, 5.74) is 2.40. The first-order valence-corrected chi connectivity index (χ1v) is 11.7. The molecule has 0 saturated carbocycles. The van der Waals surface area contributed by atoms with Crippen LogP contribution in [0, 0.1) is 6.92 Å². The number of amidine groups is 1. The molecule has 164 valence electrons. The Bertz CT molecular complexity index is 1110. The number of aryl methyl sites for hydroxylation is 1. The van der Waals surface area contributed by atoms with Crippen LogP contribution in [0.4, 0.5) is 4.79 Å². The second-order valence-corrected chi connectivity index (χ2v) is 9.42. The maximum atomic E-state index is 12.7. The molecule has 2 aliphatic heterocycles. The Morgan fingerprint density at radius 1 is 1.16 bits per heavy atom. The van der Waals surface area contributed by atoms with Crippen LogP contribution in [0.25, 0.3) is 4.91 Å². The topological polar surface area (TPSA) is 104 Å². The monoisotopic (exact) mass is 442 g/mol. The molecule has 1 fully saturated rings. The Labute approximate surface area is 182 Å². The van der Waals surface area contributed by atoms with Gasteiger partial charge >= 0.3 is 6.03 Å². The van der Waals surface area contributed by atoms with Crippen molar-refractivity contribution < 1.29 is 17.6 Å². The van der Waals surface area contributed by atoms with E-state index in [1.807, 2.05) is 43.0 Å². The van der Waals surface area contributed by atoms with Gasteiger partial charge in [0.25, 0.3) is 10.0 Å². The van der Waals surface area contributed by atoms with Gasteiger partial charge in [0, 0.05) is 24.7 Å². The number of benzene rings is 1. The van der Waals surface area contributed by atoms with Gasteiger partial charge in [-0.25, -0.2) is 4.79 Å². The van der Waals surface area contributed by atoms with Crippen molar-refractivity contribution in [3.05, 3.63) is 65.1 Å².